The molecule has 0 aromatic rings. The van der Waals surface area contributed by atoms with Gasteiger partial charge in [0.25, 0.3) is 0 Å². The molecule has 0 saturated heterocycles. The fourth-order valence-electron chi connectivity index (χ4n) is 7.72. The summed E-state index contributed by atoms with van der Waals surface area (Å²) in [7, 11) is 0. The third kappa shape index (κ3) is 43.0. The van der Waals surface area contributed by atoms with Crippen LogP contribution >= 0.6 is 42.9 Å². The summed E-state index contributed by atoms with van der Waals surface area (Å²) in [6, 6.07) is 0. The SMILES string of the molecule is CCCCCCCC[P+](Br)(CCCCCCCC)CCCCCCCC.CCCCCCCC[P+](Br)(CCCCCCCC)CCCCCCCC. The molecular formula is C48H102Br2P2+2. The number of unbranched alkanes of at least 4 members (excludes halogenated alkanes) is 30. The van der Waals surface area contributed by atoms with E-state index >= 15 is 0 Å². The first-order valence-corrected chi connectivity index (χ1v) is 33.2. The average Bonchev–Trinajstić information content (AvgIpc) is 3.14. The van der Waals surface area contributed by atoms with Gasteiger partial charge in [-0.15, -0.1) is 0 Å². The smallest absolute Gasteiger partial charge is 0.0654 e. The maximum Gasteiger partial charge on any atom is 0.138 e. The van der Waals surface area contributed by atoms with Crippen LogP contribution in [0.15, 0.2) is 0 Å². The molecule has 0 bridgehead atoms. The zero-order valence-electron chi connectivity index (χ0n) is 37.3. The molecule has 0 spiro atoms. The third-order valence-electron chi connectivity index (χ3n) is 11.5. The van der Waals surface area contributed by atoms with Crippen LogP contribution in [-0.4, -0.2) is 37.0 Å². The molecule has 0 radical (unpaired) electrons. The molecule has 0 aliphatic heterocycles. The fraction of sp³-hybridized carbons (Fsp3) is 1.00. The summed E-state index contributed by atoms with van der Waals surface area (Å²) in [5.41, 5.74) is 0. The molecule has 0 atom stereocenters. The van der Waals surface area contributed by atoms with Crippen molar-refractivity contribution in [1.82, 2.24) is 0 Å². The lowest BCUT2D eigenvalue weighted by Crippen LogP contribution is -2.03. The molecule has 0 aromatic carbocycles. The Hall–Kier alpha value is 1.82. The lowest BCUT2D eigenvalue weighted by molar-refractivity contribution is 0.617. The number of hydrogen-bond donors (Lipinski definition) is 0. The first-order chi connectivity index (χ1) is 25.4. The van der Waals surface area contributed by atoms with Gasteiger partial charge in [0.1, 0.15) is 31.0 Å². The van der Waals surface area contributed by atoms with Gasteiger partial charge in [0, 0.05) is 0 Å². The molecule has 4 heteroatoms. The molecule has 0 aromatic heterocycles. The van der Waals surface area contributed by atoms with Gasteiger partial charge in [-0.05, 0) is 77.0 Å². The summed E-state index contributed by atoms with van der Waals surface area (Å²) in [6.07, 6.45) is 61.2. The predicted octanol–water partition coefficient (Wildman–Crippen LogP) is 20.8. The minimum atomic E-state index is -0.824. The zero-order chi connectivity index (χ0) is 38.7. The van der Waals surface area contributed by atoms with Crippen molar-refractivity contribution in [2.75, 3.05) is 37.0 Å². The molecule has 0 saturated carbocycles. The van der Waals surface area contributed by atoms with Crippen molar-refractivity contribution in [3.8, 4) is 0 Å². The van der Waals surface area contributed by atoms with Crippen LogP contribution in [0.25, 0.3) is 0 Å². The second kappa shape index (κ2) is 45.5. The maximum atomic E-state index is 4.35. The summed E-state index contributed by atoms with van der Waals surface area (Å²) in [6.45, 7) is 13.9. The molecule has 0 unspecified atom stereocenters. The van der Waals surface area contributed by atoms with Crippen molar-refractivity contribution in [3.05, 3.63) is 0 Å². The van der Waals surface area contributed by atoms with E-state index in [1.54, 1.807) is 0 Å². The molecular weight excluding hydrogens is 798 g/mol. The van der Waals surface area contributed by atoms with Crippen molar-refractivity contribution in [1.29, 1.82) is 0 Å². The lowest BCUT2D eigenvalue weighted by Gasteiger charge is -2.20. The highest BCUT2D eigenvalue weighted by atomic mass is 79.9. The molecule has 0 amide bonds. The van der Waals surface area contributed by atoms with Crippen LogP contribution in [0.3, 0.4) is 0 Å². The van der Waals surface area contributed by atoms with Crippen LogP contribution in [0.4, 0.5) is 0 Å². The average molecular weight is 901 g/mol. The van der Waals surface area contributed by atoms with Gasteiger partial charge in [0.2, 0.25) is 0 Å². The van der Waals surface area contributed by atoms with Gasteiger partial charge in [-0.3, -0.25) is 0 Å². The largest absolute Gasteiger partial charge is 0.138 e. The van der Waals surface area contributed by atoms with E-state index in [2.05, 4.69) is 72.5 Å². The molecule has 316 valence electrons. The topological polar surface area (TPSA) is 0 Å². The van der Waals surface area contributed by atoms with Crippen LogP contribution in [0.1, 0.15) is 273 Å². The standard InChI is InChI=1S/2C24H51BrP/c2*1-4-7-10-13-16-19-22-26(25,23-20-17-14-11-8-5-2)24-21-18-15-12-9-6-3/h2*4-24H2,1-3H3/q2*+1. The van der Waals surface area contributed by atoms with Gasteiger partial charge >= 0.3 is 0 Å². The van der Waals surface area contributed by atoms with Crippen molar-refractivity contribution < 1.29 is 0 Å². The highest BCUT2D eigenvalue weighted by Gasteiger charge is 2.34. The Morgan fingerprint density at radius 3 is 0.442 bits per heavy atom. The van der Waals surface area contributed by atoms with Gasteiger partial charge < -0.3 is 0 Å². The second-order valence-electron chi connectivity index (χ2n) is 17.0. The quantitative estimate of drug-likeness (QED) is 0.0423. The van der Waals surface area contributed by atoms with Crippen molar-refractivity contribution in [2.45, 2.75) is 273 Å². The summed E-state index contributed by atoms with van der Waals surface area (Å²) in [5.74, 6) is -1.65. The van der Waals surface area contributed by atoms with E-state index in [4.69, 9.17) is 0 Å². The lowest BCUT2D eigenvalue weighted by atomic mass is 10.1. The minimum Gasteiger partial charge on any atom is -0.0654 e. The van der Waals surface area contributed by atoms with Crippen LogP contribution in [-0.2, 0) is 0 Å². The van der Waals surface area contributed by atoms with E-state index in [0.29, 0.717) is 0 Å². The fourth-order valence-corrected chi connectivity index (χ4v) is 18.3. The van der Waals surface area contributed by atoms with Gasteiger partial charge in [-0.1, -0.05) is 196 Å². The Labute approximate surface area is 350 Å². The third-order valence-corrected chi connectivity index (χ3v) is 24.6. The number of halogens is 2. The highest BCUT2D eigenvalue weighted by Crippen LogP contribution is 2.68. The van der Waals surface area contributed by atoms with Gasteiger partial charge in [-0.2, -0.15) is 0 Å². The zero-order valence-corrected chi connectivity index (χ0v) is 42.3. The number of hydrogen-bond acceptors (Lipinski definition) is 0. The normalized spacial score (nSPS) is 12.0. The maximum absolute atomic E-state index is 4.35. The summed E-state index contributed by atoms with van der Waals surface area (Å²) >= 11 is 8.69. The first-order valence-electron chi connectivity index (χ1n) is 24.5. The molecule has 0 rings (SSSR count). The molecule has 0 fully saturated rings. The number of rotatable bonds is 42. The molecule has 0 aliphatic carbocycles. The van der Waals surface area contributed by atoms with E-state index in [9.17, 15) is 0 Å². The Kier molecular flexibility index (Phi) is 49.0. The van der Waals surface area contributed by atoms with Crippen molar-refractivity contribution in [3.63, 3.8) is 0 Å². The van der Waals surface area contributed by atoms with E-state index in [1.165, 1.54) is 268 Å². The van der Waals surface area contributed by atoms with Crippen LogP contribution < -0.4 is 0 Å². The van der Waals surface area contributed by atoms with Gasteiger partial charge in [0.15, 0.2) is 0 Å². The molecule has 0 N–H and O–H groups in total. The predicted molar refractivity (Wildman–Crippen MR) is 261 cm³/mol. The highest BCUT2D eigenvalue weighted by molar-refractivity contribution is 9.42. The Morgan fingerprint density at radius 1 is 0.192 bits per heavy atom. The van der Waals surface area contributed by atoms with E-state index in [0.717, 1.165) is 0 Å². The molecule has 52 heavy (non-hydrogen) atoms. The van der Waals surface area contributed by atoms with Crippen LogP contribution in [0, 0.1) is 0 Å². The summed E-state index contributed by atoms with van der Waals surface area (Å²) in [5, 5.41) is 0. The van der Waals surface area contributed by atoms with E-state index in [1.807, 2.05) is 0 Å². The first kappa shape index (κ1) is 55.9. The molecule has 0 aliphatic rings. The van der Waals surface area contributed by atoms with Crippen LogP contribution in [0.2, 0.25) is 0 Å². The van der Waals surface area contributed by atoms with E-state index < -0.39 is 11.9 Å². The molecule has 0 heterocycles. The Morgan fingerprint density at radius 2 is 0.308 bits per heavy atom. The van der Waals surface area contributed by atoms with Crippen LogP contribution in [0.5, 0.6) is 0 Å². The minimum absolute atomic E-state index is 0.824. The van der Waals surface area contributed by atoms with E-state index in [-0.39, 0.29) is 0 Å². The summed E-state index contributed by atoms with van der Waals surface area (Å²) < 4.78 is 0. The van der Waals surface area contributed by atoms with Gasteiger partial charge in [0.05, 0.1) is 48.9 Å². The molecule has 0 nitrogen and oxygen atoms in total. The summed E-state index contributed by atoms with van der Waals surface area (Å²) in [4.78, 5) is 0. The Bertz CT molecular complexity index is 506. The van der Waals surface area contributed by atoms with Crippen molar-refractivity contribution >= 4 is 42.9 Å². The second-order valence-corrected chi connectivity index (χ2v) is 32.8. The monoisotopic (exact) mass is 899 g/mol. The van der Waals surface area contributed by atoms with Gasteiger partial charge in [-0.25, -0.2) is 0 Å². The Balaban J connectivity index is 0. The van der Waals surface area contributed by atoms with Crippen molar-refractivity contribution in [2.24, 2.45) is 0 Å².